The molecule has 0 aromatic heterocycles. The highest BCUT2D eigenvalue weighted by Crippen LogP contribution is 2.29. The predicted molar refractivity (Wildman–Crippen MR) is 136 cm³/mol. The molecule has 178 valence electrons. The van der Waals surface area contributed by atoms with Crippen LogP contribution in [0.1, 0.15) is 81.0 Å². The van der Waals surface area contributed by atoms with Crippen LogP contribution in [0, 0.1) is 0 Å². The van der Waals surface area contributed by atoms with Crippen LogP contribution in [0.25, 0.3) is 11.1 Å². The van der Waals surface area contributed by atoms with Gasteiger partial charge < -0.3 is 9.84 Å². The molecule has 1 unspecified atom stereocenters. The molecule has 0 saturated heterocycles. The zero-order valence-electron chi connectivity index (χ0n) is 20.5. The number of hydrogen-bond acceptors (Lipinski definition) is 3. The maximum atomic E-state index is 12.3. The minimum Gasteiger partial charge on any atom is -0.486 e. The van der Waals surface area contributed by atoms with Gasteiger partial charge in [0.15, 0.2) is 5.78 Å². The van der Waals surface area contributed by atoms with E-state index in [1.54, 1.807) is 12.1 Å². The molecule has 0 saturated carbocycles. The maximum absolute atomic E-state index is 12.3. The van der Waals surface area contributed by atoms with Crippen molar-refractivity contribution in [1.82, 2.24) is 0 Å². The molecule has 0 amide bonds. The van der Waals surface area contributed by atoms with Gasteiger partial charge in [-0.2, -0.15) is 0 Å². The van der Waals surface area contributed by atoms with Gasteiger partial charge in [0.1, 0.15) is 11.9 Å². The highest BCUT2D eigenvalue weighted by molar-refractivity contribution is 5.96. The van der Waals surface area contributed by atoms with Crippen molar-refractivity contribution in [3.63, 3.8) is 0 Å². The van der Waals surface area contributed by atoms with Crippen molar-refractivity contribution in [1.29, 1.82) is 0 Å². The fourth-order valence-electron chi connectivity index (χ4n) is 3.87. The fraction of sp³-hybridized carbons (Fsp3) is 0.333. The number of benzene rings is 3. The molecular formula is C30H34O4. The first kappa shape index (κ1) is 25.2. The summed E-state index contributed by atoms with van der Waals surface area (Å²) in [5, 5.41) is 8.73. The van der Waals surface area contributed by atoms with E-state index in [2.05, 4.69) is 64.1 Å². The van der Waals surface area contributed by atoms with E-state index in [0.29, 0.717) is 12.0 Å². The summed E-state index contributed by atoms with van der Waals surface area (Å²) in [4.78, 5) is 22.9. The first-order chi connectivity index (χ1) is 16.2. The third kappa shape index (κ3) is 6.80. The molecule has 0 spiro atoms. The smallest absolute Gasteiger partial charge is 0.303 e. The minimum atomic E-state index is -0.877. The lowest BCUT2D eigenvalue weighted by atomic mass is 9.86. The minimum absolute atomic E-state index is 0.0105. The summed E-state index contributed by atoms with van der Waals surface area (Å²) in [5.41, 5.74) is 5.38. The lowest BCUT2D eigenvalue weighted by Gasteiger charge is -2.20. The maximum Gasteiger partial charge on any atom is 0.303 e. The number of rotatable bonds is 10. The van der Waals surface area contributed by atoms with E-state index in [-0.39, 0.29) is 30.1 Å². The molecule has 34 heavy (non-hydrogen) atoms. The molecule has 1 N–H and O–H groups in total. The zero-order chi connectivity index (χ0) is 24.7. The molecule has 1 atom stereocenters. The first-order valence-corrected chi connectivity index (χ1v) is 11.9. The normalized spacial score (nSPS) is 12.2. The number of carbonyl (C=O) groups excluding carboxylic acids is 1. The van der Waals surface area contributed by atoms with Gasteiger partial charge in [-0.1, -0.05) is 88.4 Å². The number of Topliss-reactive ketones (excluding diaryl/α,β-unsaturated/α-hetero) is 1. The topological polar surface area (TPSA) is 63.6 Å². The van der Waals surface area contributed by atoms with Crippen LogP contribution in [0.2, 0.25) is 0 Å². The van der Waals surface area contributed by atoms with E-state index >= 15 is 0 Å². The summed E-state index contributed by atoms with van der Waals surface area (Å²) in [6, 6.07) is 24.3. The van der Waals surface area contributed by atoms with E-state index in [1.807, 2.05) is 24.3 Å². The summed E-state index contributed by atoms with van der Waals surface area (Å²) in [5.74, 6) is -0.110. The third-order valence-electron chi connectivity index (χ3n) is 5.99. The van der Waals surface area contributed by atoms with Crippen LogP contribution in [0.15, 0.2) is 72.8 Å². The van der Waals surface area contributed by atoms with Crippen molar-refractivity contribution in [2.24, 2.45) is 0 Å². The average molecular weight is 459 g/mol. The summed E-state index contributed by atoms with van der Waals surface area (Å²) in [6.07, 6.45) is 1.28. The molecule has 4 heteroatoms. The molecule has 0 fully saturated rings. The summed E-state index contributed by atoms with van der Waals surface area (Å²) in [7, 11) is 0. The van der Waals surface area contributed by atoms with Crippen LogP contribution in [0.3, 0.4) is 0 Å². The van der Waals surface area contributed by atoms with E-state index in [0.717, 1.165) is 23.3 Å². The molecule has 0 heterocycles. The molecule has 0 bridgehead atoms. The van der Waals surface area contributed by atoms with Crippen molar-refractivity contribution in [3.8, 4) is 16.9 Å². The van der Waals surface area contributed by atoms with Crippen molar-refractivity contribution in [2.45, 2.75) is 64.9 Å². The second-order valence-electron chi connectivity index (χ2n) is 9.66. The number of hydrogen-bond donors (Lipinski definition) is 1. The Morgan fingerprint density at radius 3 is 1.88 bits per heavy atom. The lowest BCUT2D eigenvalue weighted by Crippen LogP contribution is -2.10. The molecule has 0 aliphatic carbocycles. The molecule has 0 aliphatic rings. The van der Waals surface area contributed by atoms with Crippen LogP contribution in [0.4, 0.5) is 0 Å². The Balaban J connectivity index is 1.64. The Bertz CT molecular complexity index is 1090. The number of carboxylic acids is 1. The van der Waals surface area contributed by atoms with E-state index in [4.69, 9.17) is 9.84 Å². The second kappa shape index (κ2) is 11.1. The van der Waals surface area contributed by atoms with Gasteiger partial charge in [0.05, 0.1) is 0 Å². The summed E-state index contributed by atoms with van der Waals surface area (Å²) >= 11 is 0. The monoisotopic (exact) mass is 458 g/mol. The molecule has 3 aromatic rings. The van der Waals surface area contributed by atoms with Crippen LogP contribution in [-0.2, 0) is 10.2 Å². The quantitative estimate of drug-likeness (QED) is 0.317. The zero-order valence-corrected chi connectivity index (χ0v) is 20.5. The molecule has 3 rings (SSSR count). The Labute approximate surface area is 202 Å². The predicted octanol–water partition coefficient (Wildman–Crippen LogP) is 7.62. The fourth-order valence-corrected chi connectivity index (χ4v) is 3.87. The van der Waals surface area contributed by atoms with Crippen molar-refractivity contribution in [3.05, 3.63) is 89.5 Å². The summed E-state index contributed by atoms with van der Waals surface area (Å²) < 4.78 is 6.25. The van der Waals surface area contributed by atoms with E-state index < -0.39 is 5.97 Å². The lowest BCUT2D eigenvalue weighted by molar-refractivity contribution is -0.137. The van der Waals surface area contributed by atoms with Crippen molar-refractivity contribution >= 4 is 11.8 Å². The SMILES string of the molecule is CCC(Oc1ccc(-c2ccc(C(C)(C)C)cc2)cc1)c1ccc(C(=O)CCCC(=O)O)cc1. The Hall–Kier alpha value is -3.40. The number of ketones is 1. The second-order valence-corrected chi connectivity index (χ2v) is 9.66. The average Bonchev–Trinajstić information content (AvgIpc) is 2.82. The highest BCUT2D eigenvalue weighted by atomic mass is 16.5. The first-order valence-electron chi connectivity index (χ1n) is 11.9. The van der Waals surface area contributed by atoms with Gasteiger partial charge in [0, 0.05) is 18.4 Å². The molecular weight excluding hydrogens is 424 g/mol. The van der Waals surface area contributed by atoms with Gasteiger partial charge in [-0.05, 0) is 52.6 Å². The van der Waals surface area contributed by atoms with Gasteiger partial charge in [-0.25, -0.2) is 0 Å². The molecule has 0 radical (unpaired) electrons. The van der Waals surface area contributed by atoms with E-state index in [9.17, 15) is 9.59 Å². The standard InChI is InChI=1S/C30H34O4/c1-5-28(24-11-9-23(10-12-24)27(31)7-6-8-29(32)33)34-26-19-15-22(16-20-26)21-13-17-25(18-14-21)30(2,3)4/h9-20,28H,5-8H2,1-4H3,(H,32,33). The van der Waals surface area contributed by atoms with Crippen molar-refractivity contribution < 1.29 is 19.4 Å². The molecule has 4 nitrogen and oxygen atoms in total. The Morgan fingerprint density at radius 2 is 1.38 bits per heavy atom. The molecule has 3 aromatic carbocycles. The summed E-state index contributed by atoms with van der Waals surface area (Å²) in [6.45, 7) is 8.71. The molecule has 0 aliphatic heterocycles. The van der Waals surface area contributed by atoms with E-state index in [1.165, 1.54) is 11.1 Å². The van der Waals surface area contributed by atoms with Crippen molar-refractivity contribution in [2.75, 3.05) is 0 Å². The van der Waals surface area contributed by atoms with Gasteiger partial charge in [-0.15, -0.1) is 0 Å². The van der Waals surface area contributed by atoms with Crippen LogP contribution < -0.4 is 4.74 Å². The van der Waals surface area contributed by atoms with Gasteiger partial charge in [-0.3, -0.25) is 9.59 Å². The number of carboxylic acid groups (broad SMARTS) is 1. The highest BCUT2D eigenvalue weighted by Gasteiger charge is 2.15. The van der Waals surface area contributed by atoms with Crippen LogP contribution >= 0.6 is 0 Å². The van der Waals surface area contributed by atoms with Gasteiger partial charge in [0.25, 0.3) is 0 Å². The third-order valence-corrected chi connectivity index (χ3v) is 5.99. The van der Waals surface area contributed by atoms with Crippen LogP contribution in [-0.4, -0.2) is 16.9 Å². The Morgan fingerprint density at radius 1 is 0.824 bits per heavy atom. The van der Waals surface area contributed by atoms with Crippen LogP contribution in [0.5, 0.6) is 5.75 Å². The van der Waals surface area contributed by atoms with Gasteiger partial charge in [0.2, 0.25) is 0 Å². The largest absolute Gasteiger partial charge is 0.486 e. The van der Waals surface area contributed by atoms with Gasteiger partial charge >= 0.3 is 5.97 Å². The Kier molecular flexibility index (Phi) is 8.27. The number of carbonyl (C=O) groups is 2. The number of ether oxygens (including phenoxy) is 1. The number of aliphatic carboxylic acids is 1.